The van der Waals surface area contributed by atoms with Gasteiger partial charge in [-0.15, -0.1) is 0 Å². The van der Waals surface area contributed by atoms with Gasteiger partial charge in [0.15, 0.2) is 0 Å². The number of carbonyl (C=O) groups is 2. The van der Waals surface area contributed by atoms with Crippen molar-refractivity contribution in [2.45, 2.75) is 12.0 Å². The lowest BCUT2D eigenvalue weighted by molar-refractivity contribution is -0.126. The number of carbonyl (C=O) groups excluding carboxylic acids is 2. The average Bonchev–Trinajstić information content (AvgIpc) is 2.96. The number of nitrogens with zero attached hydrogens (tertiary/aromatic N) is 2. The van der Waals surface area contributed by atoms with Crippen molar-refractivity contribution in [3.8, 4) is 11.1 Å². The molecule has 134 valence electrons. The third kappa shape index (κ3) is 3.61. The molecule has 2 amide bonds. The maximum Gasteiger partial charge on any atom is 0.286 e. The summed E-state index contributed by atoms with van der Waals surface area (Å²) in [7, 11) is 0. The van der Waals surface area contributed by atoms with E-state index in [0.717, 1.165) is 22.1 Å². The van der Waals surface area contributed by atoms with Crippen LogP contribution in [0.5, 0.6) is 0 Å². The lowest BCUT2D eigenvalue weighted by Gasteiger charge is -2.18. The highest BCUT2D eigenvalue weighted by molar-refractivity contribution is 5.96. The Balaban J connectivity index is 1.76. The summed E-state index contributed by atoms with van der Waals surface area (Å²) in [4.78, 5) is 29.0. The summed E-state index contributed by atoms with van der Waals surface area (Å²) in [6.07, 6.45) is 4.27. The molecule has 2 heterocycles. The number of likely N-dealkylation sites (tertiary alicyclic amines) is 1. The molecule has 1 fully saturated rings. The molecule has 1 saturated heterocycles. The van der Waals surface area contributed by atoms with Crippen molar-refractivity contribution in [3.05, 3.63) is 67.0 Å². The van der Waals surface area contributed by atoms with Crippen LogP contribution in [0.4, 0.5) is 8.78 Å². The monoisotopic (exact) mass is 357 g/mol. The first kappa shape index (κ1) is 17.7. The molecule has 0 spiro atoms. The summed E-state index contributed by atoms with van der Waals surface area (Å²) in [5, 5.41) is 2.34. The number of hydrogen-bond donors (Lipinski definition) is 1. The third-order valence-corrected chi connectivity index (χ3v) is 4.23. The number of pyridine rings is 1. The van der Waals surface area contributed by atoms with E-state index in [2.05, 4.69) is 16.9 Å². The standard InChI is InChI=1S/C19H17F2N3O2/c1-2-17(25)24-11-16(19(20,21)12-24)23-18(26)14-6-3-5-13(9-14)15-7-4-8-22-10-15/h2-10,16H,1,11-12H2,(H,23,26). The molecule has 1 atom stereocenters. The van der Waals surface area contributed by atoms with Crippen LogP contribution in [0.15, 0.2) is 61.4 Å². The zero-order chi connectivity index (χ0) is 18.7. The van der Waals surface area contributed by atoms with E-state index in [9.17, 15) is 18.4 Å². The van der Waals surface area contributed by atoms with Crippen LogP contribution in [0, 0.1) is 0 Å². The van der Waals surface area contributed by atoms with Gasteiger partial charge in [-0.2, -0.15) is 0 Å². The van der Waals surface area contributed by atoms with Gasteiger partial charge in [0.05, 0.1) is 6.54 Å². The number of aromatic nitrogens is 1. The number of nitrogens with one attached hydrogen (secondary N) is 1. The quantitative estimate of drug-likeness (QED) is 0.856. The van der Waals surface area contributed by atoms with Crippen molar-refractivity contribution >= 4 is 11.8 Å². The molecule has 1 N–H and O–H groups in total. The molecule has 1 unspecified atom stereocenters. The van der Waals surface area contributed by atoms with E-state index >= 15 is 0 Å². The van der Waals surface area contributed by atoms with Crippen molar-refractivity contribution in [2.75, 3.05) is 13.1 Å². The molecular weight excluding hydrogens is 340 g/mol. The van der Waals surface area contributed by atoms with Crippen LogP contribution in [-0.2, 0) is 4.79 Å². The van der Waals surface area contributed by atoms with Gasteiger partial charge >= 0.3 is 0 Å². The summed E-state index contributed by atoms with van der Waals surface area (Å²) in [6, 6.07) is 8.82. The van der Waals surface area contributed by atoms with Crippen LogP contribution >= 0.6 is 0 Å². The van der Waals surface area contributed by atoms with Gasteiger partial charge in [-0.25, -0.2) is 8.78 Å². The number of halogens is 2. The normalized spacial score (nSPS) is 18.4. The van der Waals surface area contributed by atoms with E-state index in [1.54, 1.807) is 36.7 Å². The minimum atomic E-state index is -3.20. The molecule has 0 bridgehead atoms. The molecule has 0 radical (unpaired) electrons. The van der Waals surface area contributed by atoms with Gasteiger partial charge in [-0.05, 0) is 29.8 Å². The Kier molecular flexibility index (Phi) is 4.79. The molecule has 26 heavy (non-hydrogen) atoms. The lowest BCUT2D eigenvalue weighted by Crippen LogP contribution is -2.46. The van der Waals surface area contributed by atoms with Gasteiger partial charge in [0.1, 0.15) is 6.04 Å². The summed E-state index contributed by atoms with van der Waals surface area (Å²) < 4.78 is 28.2. The van der Waals surface area contributed by atoms with Gasteiger partial charge in [0.2, 0.25) is 5.91 Å². The first-order valence-electron chi connectivity index (χ1n) is 8.01. The Morgan fingerprint density at radius 2 is 2.04 bits per heavy atom. The molecule has 0 saturated carbocycles. The molecule has 1 aliphatic rings. The predicted molar refractivity (Wildman–Crippen MR) is 92.7 cm³/mol. The Hall–Kier alpha value is -3.09. The largest absolute Gasteiger partial charge is 0.341 e. The van der Waals surface area contributed by atoms with E-state index in [1.807, 2.05) is 12.1 Å². The summed E-state index contributed by atoms with van der Waals surface area (Å²) in [6.45, 7) is 2.30. The van der Waals surface area contributed by atoms with E-state index in [-0.39, 0.29) is 12.1 Å². The smallest absolute Gasteiger partial charge is 0.286 e. The molecule has 2 aromatic rings. The molecule has 1 aromatic heterocycles. The molecule has 1 aliphatic heterocycles. The number of alkyl halides is 2. The van der Waals surface area contributed by atoms with E-state index < -0.39 is 30.3 Å². The SMILES string of the molecule is C=CC(=O)N1CC(NC(=O)c2cccc(-c3cccnc3)c2)C(F)(F)C1. The van der Waals surface area contributed by atoms with E-state index in [1.165, 1.54) is 0 Å². The zero-order valence-corrected chi connectivity index (χ0v) is 13.9. The van der Waals surface area contributed by atoms with Crippen molar-refractivity contribution in [1.29, 1.82) is 0 Å². The van der Waals surface area contributed by atoms with Crippen LogP contribution in [0.25, 0.3) is 11.1 Å². The van der Waals surface area contributed by atoms with Crippen LogP contribution in [0.2, 0.25) is 0 Å². The first-order chi connectivity index (χ1) is 12.4. The average molecular weight is 357 g/mol. The molecule has 5 nitrogen and oxygen atoms in total. The van der Waals surface area contributed by atoms with E-state index in [0.29, 0.717) is 0 Å². The third-order valence-electron chi connectivity index (χ3n) is 4.23. The van der Waals surface area contributed by atoms with E-state index in [4.69, 9.17) is 0 Å². The molecule has 0 aliphatic carbocycles. The van der Waals surface area contributed by atoms with Crippen LogP contribution in [0.3, 0.4) is 0 Å². The van der Waals surface area contributed by atoms with Crippen LogP contribution in [-0.4, -0.2) is 46.8 Å². The predicted octanol–water partition coefficient (Wildman–Crippen LogP) is 2.51. The van der Waals surface area contributed by atoms with Gasteiger partial charge in [0, 0.05) is 30.1 Å². The number of amides is 2. The van der Waals surface area contributed by atoms with Crippen molar-refractivity contribution < 1.29 is 18.4 Å². The second kappa shape index (κ2) is 7.03. The minimum Gasteiger partial charge on any atom is -0.341 e. The second-order valence-electron chi connectivity index (χ2n) is 6.03. The fraction of sp³-hybridized carbons (Fsp3) is 0.211. The maximum absolute atomic E-state index is 14.1. The summed E-state index contributed by atoms with van der Waals surface area (Å²) in [5.74, 6) is -4.40. The van der Waals surface area contributed by atoms with Crippen LogP contribution < -0.4 is 5.32 Å². The van der Waals surface area contributed by atoms with Crippen molar-refractivity contribution in [2.24, 2.45) is 0 Å². The van der Waals surface area contributed by atoms with Crippen LogP contribution in [0.1, 0.15) is 10.4 Å². The fourth-order valence-electron chi connectivity index (χ4n) is 2.85. The molecule has 7 heteroatoms. The van der Waals surface area contributed by atoms with Crippen molar-refractivity contribution in [3.63, 3.8) is 0 Å². The van der Waals surface area contributed by atoms with Gasteiger partial charge in [-0.3, -0.25) is 14.6 Å². The Bertz CT molecular complexity index is 840. The Labute approximate surface area is 149 Å². The minimum absolute atomic E-state index is 0.258. The molecule has 1 aromatic carbocycles. The molecule has 3 rings (SSSR count). The topological polar surface area (TPSA) is 62.3 Å². The zero-order valence-electron chi connectivity index (χ0n) is 13.9. The van der Waals surface area contributed by atoms with Gasteiger partial charge in [-0.1, -0.05) is 24.8 Å². The number of benzene rings is 1. The highest BCUT2D eigenvalue weighted by Gasteiger charge is 2.49. The molecular formula is C19H17F2N3O2. The maximum atomic E-state index is 14.1. The Morgan fingerprint density at radius 3 is 2.73 bits per heavy atom. The first-order valence-corrected chi connectivity index (χ1v) is 8.01. The van der Waals surface area contributed by atoms with Crippen molar-refractivity contribution in [1.82, 2.24) is 15.2 Å². The van der Waals surface area contributed by atoms with Gasteiger partial charge < -0.3 is 10.2 Å². The lowest BCUT2D eigenvalue weighted by atomic mass is 10.0. The fourth-order valence-corrected chi connectivity index (χ4v) is 2.85. The summed E-state index contributed by atoms with van der Waals surface area (Å²) in [5.41, 5.74) is 1.83. The Morgan fingerprint density at radius 1 is 1.27 bits per heavy atom. The highest BCUT2D eigenvalue weighted by Crippen LogP contribution is 2.28. The summed E-state index contributed by atoms with van der Waals surface area (Å²) >= 11 is 0. The number of rotatable bonds is 4. The number of hydrogen-bond acceptors (Lipinski definition) is 3. The van der Waals surface area contributed by atoms with Gasteiger partial charge in [0.25, 0.3) is 11.8 Å². The second-order valence-corrected chi connectivity index (χ2v) is 6.03. The highest BCUT2D eigenvalue weighted by atomic mass is 19.3.